The number of hydrogen-bond donors (Lipinski definition) is 3. The van der Waals surface area contributed by atoms with Crippen LogP contribution in [-0.4, -0.2) is 35.9 Å². The average molecular weight is 487 g/mol. The van der Waals surface area contributed by atoms with E-state index in [0.29, 0.717) is 12.6 Å². The molecule has 0 saturated heterocycles. The second-order valence-electron chi connectivity index (χ2n) is 7.18. The molecule has 0 aliphatic heterocycles. The lowest BCUT2D eigenvalue weighted by Gasteiger charge is -2.11. The van der Waals surface area contributed by atoms with E-state index in [2.05, 4.69) is 58.3 Å². The van der Waals surface area contributed by atoms with Gasteiger partial charge in [-0.3, -0.25) is 4.99 Å². The molecule has 4 N–H and O–H groups in total. The maximum Gasteiger partial charge on any atom is 0.132 e. The molecule has 0 spiro atoms. The molecule has 1 aromatic heterocycles. The number of hydrogen-bond acceptors (Lipinski definition) is 5. The van der Waals surface area contributed by atoms with Crippen molar-refractivity contribution in [3.8, 4) is 0 Å². The highest BCUT2D eigenvalue weighted by molar-refractivity contribution is 6.09. The lowest BCUT2D eigenvalue weighted by Crippen LogP contribution is -2.17. The van der Waals surface area contributed by atoms with Crippen molar-refractivity contribution >= 4 is 18.0 Å². The highest BCUT2D eigenvalue weighted by Gasteiger charge is 2.10. The molecule has 0 aliphatic carbocycles. The average Bonchev–Trinajstić information content (AvgIpc) is 3.30. The normalized spacial score (nSPS) is 12.7. The molecule has 0 fully saturated rings. The van der Waals surface area contributed by atoms with E-state index in [-0.39, 0.29) is 0 Å². The van der Waals surface area contributed by atoms with Crippen molar-refractivity contribution in [3.05, 3.63) is 66.6 Å². The minimum absolute atomic E-state index is 0.449. The molecule has 6 heteroatoms. The van der Waals surface area contributed by atoms with Crippen molar-refractivity contribution in [1.29, 1.82) is 0 Å². The van der Waals surface area contributed by atoms with E-state index in [1.807, 2.05) is 85.4 Å². The molecule has 1 aromatic rings. The number of nitrogens with zero attached hydrogens (tertiary/aromatic N) is 3. The molecule has 1 heterocycles. The largest absolute Gasteiger partial charge is 0.392 e. The zero-order valence-corrected chi connectivity index (χ0v) is 24.3. The fourth-order valence-corrected chi connectivity index (χ4v) is 2.78. The van der Waals surface area contributed by atoms with Gasteiger partial charge in [0.2, 0.25) is 0 Å². The van der Waals surface area contributed by atoms with Crippen LogP contribution in [0.2, 0.25) is 0 Å². The lowest BCUT2D eigenvalue weighted by molar-refractivity contribution is 0.587. The van der Waals surface area contributed by atoms with Gasteiger partial charge in [-0.05, 0) is 46.6 Å². The maximum atomic E-state index is 5.58. The molecule has 6 nitrogen and oxygen atoms in total. The molecular formula is C29H54N6. The van der Waals surface area contributed by atoms with Crippen LogP contribution in [0.25, 0.3) is 11.8 Å². The van der Waals surface area contributed by atoms with Gasteiger partial charge >= 0.3 is 0 Å². The van der Waals surface area contributed by atoms with Crippen molar-refractivity contribution in [1.82, 2.24) is 20.2 Å². The number of aromatic nitrogens is 2. The van der Waals surface area contributed by atoms with Crippen molar-refractivity contribution in [2.24, 2.45) is 10.7 Å². The Morgan fingerprint density at radius 3 is 2.23 bits per heavy atom. The predicted molar refractivity (Wildman–Crippen MR) is 160 cm³/mol. The number of allylic oxidation sites excluding steroid dienone is 6. The van der Waals surface area contributed by atoms with Crippen LogP contribution >= 0.6 is 0 Å². The molecule has 1 atom stereocenters. The van der Waals surface area contributed by atoms with Gasteiger partial charge in [0.25, 0.3) is 0 Å². The Bertz CT molecular complexity index is 781. The molecule has 35 heavy (non-hydrogen) atoms. The fourth-order valence-electron chi connectivity index (χ4n) is 2.78. The summed E-state index contributed by atoms with van der Waals surface area (Å²) in [6.07, 6.45) is 17.4. The van der Waals surface area contributed by atoms with Gasteiger partial charge < -0.3 is 20.9 Å². The minimum atomic E-state index is 0.449. The summed E-state index contributed by atoms with van der Waals surface area (Å²) >= 11 is 0. The quantitative estimate of drug-likeness (QED) is 0.180. The molecule has 1 unspecified atom stereocenters. The van der Waals surface area contributed by atoms with Crippen molar-refractivity contribution < 1.29 is 0 Å². The smallest absolute Gasteiger partial charge is 0.132 e. The summed E-state index contributed by atoms with van der Waals surface area (Å²) in [6, 6.07) is 0.449. The predicted octanol–water partition coefficient (Wildman–Crippen LogP) is 6.95. The van der Waals surface area contributed by atoms with Crippen LogP contribution < -0.4 is 16.4 Å². The van der Waals surface area contributed by atoms with Gasteiger partial charge in [0.05, 0.1) is 18.4 Å². The molecule has 200 valence electrons. The standard InChI is InChI=1S/C19H29N5.C6H15N.C2H6.C2H4/c1-7-10-24-18(16(8-2)12-20-5)13-23-19(24)14-22-17(9-3)11-15(4)21-6;1-3-5-6(7)4-2;2*1-2/h7-13,21-22H,14H2,1-6H3;6H,3-5,7H2,1-2H3;1-2H3;1-2H2/b10-7-,15-11-,16-8+,17-9+,20-12?;;;. The summed E-state index contributed by atoms with van der Waals surface area (Å²) in [4.78, 5) is 8.70. The van der Waals surface area contributed by atoms with Crippen molar-refractivity contribution in [2.75, 3.05) is 14.1 Å². The molecule has 0 saturated carbocycles. The Hall–Kier alpha value is -2.86. The van der Waals surface area contributed by atoms with Crippen molar-refractivity contribution in [2.45, 2.75) is 87.2 Å². The third-order valence-corrected chi connectivity index (χ3v) is 4.76. The molecule has 0 amide bonds. The molecule has 0 aromatic carbocycles. The minimum Gasteiger partial charge on any atom is -0.392 e. The van der Waals surface area contributed by atoms with Gasteiger partial charge in [-0.25, -0.2) is 4.98 Å². The number of nitrogens with one attached hydrogen (secondary N) is 2. The van der Waals surface area contributed by atoms with Gasteiger partial charge in [0, 0.05) is 49.5 Å². The molecule has 1 rings (SSSR count). The van der Waals surface area contributed by atoms with Crippen LogP contribution in [0.5, 0.6) is 0 Å². The van der Waals surface area contributed by atoms with Crippen molar-refractivity contribution in [3.63, 3.8) is 0 Å². The summed E-state index contributed by atoms with van der Waals surface area (Å²) in [7, 11) is 3.69. The van der Waals surface area contributed by atoms with E-state index in [9.17, 15) is 0 Å². The third kappa shape index (κ3) is 16.4. The summed E-state index contributed by atoms with van der Waals surface area (Å²) in [6.45, 7) is 23.0. The Balaban J connectivity index is -0.000000786. The lowest BCUT2D eigenvalue weighted by atomic mass is 10.1. The first-order chi connectivity index (χ1) is 16.9. The van der Waals surface area contributed by atoms with Crippen LogP contribution in [0.1, 0.15) is 86.2 Å². The van der Waals surface area contributed by atoms with Gasteiger partial charge in [0.15, 0.2) is 0 Å². The van der Waals surface area contributed by atoms with E-state index < -0.39 is 0 Å². The van der Waals surface area contributed by atoms with Crippen LogP contribution in [-0.2, 0) is 6.54 Å². The number of aliphatic imine (C=N–C) groups is 1. The Morgan fingerprint density at radius 1 is 1.20 bits per heavy atom. The summed E-state index contributed by atoms with van der Waals surface area (Å²) in [5, 5.41) is 6.55. The molecule has 0 aliphatic rings. The fraction of sp³-hybridized carbons (Fsp3) is 0.517. The Kier molecular flexibility index (Phi) is 27.0. The maximum absolute atomic E-state index is 5.58. The van der Waals surface area contributed by atoms with E-state index >= 15 is 0 Å². The monoisotopic (exact) mass is 486 g/mol. The first kappa shape index (κ1) is 36.7. The van der Waals surface area contributed by atoms with Crippen LogP contribution in [0.15, 0.2) is 60.0 Å². The number of imidazole rings is 1. The first-order valence-electron chi connectivity index (χ1n) is 12.7. The number of rotatable bonds is 11. The van der Waals surface area contributed by atoms with Gasteiger partial charge in [0.1, 0.15) is 5.82 Å². The summed E-state index contributed by atoms with van der Waals surface area (Å²) in [5.41, 5.74) is 9.82. The van der Waals surface area contributed by atoms with Crippen LogP contribution in [0, 0.1) is 0 Å². The van der Waals surface area contributed by atoms with Crippen LogP contribution in [0.4, 0.5) is 0 Å². The highest BCUT2D eigenvalue weighted by atomic mass is 15.1. The van der Waals surface area contributed by atoms with Gasteiger partial charge in [-0.1, -0.05) is 52.3 Å². The van der Waals surface area contributed by atoms with E-state index in [1.54, 1.807) is 7.05 Å². The van der Waals surface area contributed by atoms with Crippen LogP contribution in [0.3, 0.4) is 0 Å². The third-order valence-electron chi connectivity index (χ3n) is 4.76. The zero-order valence-electron chi connectivity index (χ0n) is 24.3. The van der Waals surface area contributed by atoms with E-state index in [4.69, 9.17) is 5.73 Å². The first-order valence-corrected chi connectivity index (χ1v) is 12.7. The van der Waals surface area contributed by atoms with Gasteiger partial charge in [-0.15, -0.1) is 13.2 Å². The Labute approximate surface area is 216 Å². The topological polar surface area (TPSA) is 80.3 Å². The van der Waals surface area contributed by atoms with Gasteiger partial charge in [-0.2, -0.15) is 0 Å². The molecular weight excluding hydrogens is 432 g/mol. The molecule has 0 radical (unpaired) electrons. The second-order valence-corrected chi connectivity index (χ2v) is 7.18. The Morgan fingerprint density at radius 2 is 1.83 bits per heavy atom. The SMILES string of the molecule is C/C=C\n1c(/C(C=NC)=C/C)cnc1CNC(/C=C(/C)NC)=C/C.C=C.CC.CCCC(N)CC. The second kappa shape index (κ2) is 25.8. The zero-order chi connectivity index (χ0) is 27.6. The molecule has 0 bridgehead atoms. The summed E-state index contributed by atoms with van der Waals surface area (Å²) in [5.74, 6) is 0.946. The number of nitrogens with two attached hydrogens (primary N) is 1. The van der Waals surface area contributed by atoms with E-state index in [0.717, 1.165) is 34.9 Å². The van der Waals surface area contributed by atoms with E-state index in [1.165, 1.54) is 12.8 Å². The summed E-state index contributed by atoms with van der Waals surface area (Å²) < 4.78 is 2.09. The highest BCUT2D eigenvalue weighted by Crippen LogP contribution is 2.16.